The van der Waals surface area contributed by atoms with Gasteiger partial charge in [-0.3, -0.25) is 14.4 Å². The van der Waals surface area contributed by atoms with Crippen LogP contribution in [0, 0.1) is 13.8 Å². The van der Waals surface area contributed by atoms with Crippen LogP contribution in [-0.4, -0.2) is 61.6 Å². The van der Waals surface area contributed by atoms with Crippen molar-refractivity contribution >= 4 is 47.1 Å². The lowest BCUT2D eigenvalue weighted by Crippen LogP contribution is -2.41. The van der Waals surface area contributed by atoms with Gasteiger partial charge in [0.25, 0.3) is 11.8 Å². The summed E-state index contributed by atoms with van der Waals surface area (Å²) in [5.41, 5.74) is 3.67. The number of carbonyl (C=O) groups excluding carboxylic acids is 5. The van der Waals surface area contributed by atoms with Crippen LogP contribution >= 0.6 is 0 Å². The third-order valence-electron chi connectivity index (χ3n) is 5.96. The fourth-order valence-electron chi connectivity index (χ4n) is 4.04. The number of esters is 3. The van der Waals surface area contributed by atoms with Gasteiger partial charge in [-0.25, -0.2) is 9.59 Å². The maximum Gasteiger partial charge on any atom is 0.340 e. The summed E-state index contributed by atoms with van der Waals surface area (Å²) < 4.78 is 14.4. The topological polar surface area (TPSA) is 153 Å². The first-order valence-corrected chi connectivity index (χ1v) is 11.6. The van der Waals surface area contributed by atoms with Crippen molar-refractivity contribution in [2.45, 2.75) is 39.7 Å². The van der Waals surface area contributed by atoms with Gasteiger partial charge >= 0.3 is 17.9 Å². The van der Waals surface area contributed by atoms with Gasteiger partial charge in [-0.1, -0.05) is 0 Å². The second-order valence-electron chi connectivity index (χ2n) is 8.32. The molecule has 1 aliphatic rings. The Hall–Kier alpha value is -4.41. The number of aryl methyl sites for hydroxylation is 1. The van der Waals surface area contributed by atoms with E-state index in [1.165, 1.54) is 26.4 Å². The number of methoxy groups -OCH3 is 2. The lowest BCUT2D eigenvalue weighted by atomic mass is 10.0. The second kappa shape index (κ2) is 11.5. The lowest BCUT2D eigenvalue weighted by molar-refractivity contribution is -0.144. The molecule has 0 unspecified atom stereocenters. The first-order chi connectivity index (χ1) is 17.6. The van der Waals surface area contributed by atoms with Crippen molar-refractivity contribution in [3.8, 4) is 0 Å². The molecule has 3 rings (SSSR count). The molecule has 196 valence electrons. The number of aromatic amines is 1. The molecule has 0 saturated carbocycles. The summed E-state index contributed by atoms with van der Waals surface area (Å²) in [5.74, 6) is -2.64. The molecule has 0 bridgehead atoms. The van der Waals surface area contributed by atoms with Crippen LogP contribution in [0.3, 0.4) is 0 Å². The molecular weight excluding hydrogens is 482 g/mol. The normalized spacial score (nSPS) is 14.0. The van der Waals surface area contributed by atoms with Crippen LogP contribution in [0.1, 0.15) is 63.0 Å². The van der Waals surface area contributed by atoms with E-state index in [4.69, 9.17) is 9.47 Å². The Bertz CT molecular complexity index is 1290. The molecule has 0 saturated heterocycles. The van der Waals surface area contributed by atoms with Crippen LogP contribution in [0.25, 0.3) is 11.6 Å². The van der Waals surface area contributed by atoms with Crippen LogP contribution in [0.15, 0.2) is 18.2 Å². The summed E-state index contributed by atoms with van der Waals surface area (Å²) in [6.07, 6.45) is 1.52. The molecular formula is C26H29N3O8. The molecule has 2 heterocycles. The van der Waals surface area contributed by atoms with Gasteiger partial charge in [-0.05, 0) is 57.0 Å². The molecule has 2 aromatic rings. The van der Waals surface area contributed by atoms with Crippen LogP contribution in [0.4, 0.5) is 5.69 Å². The summed E-state index contributed by atoms with van der Waals surface area (Å²) in [7, 11) is 2.41. The molecule has 1 aromatic carbocycles. The number of carbonyl (C=O) groups is 5. The molecule has 11 heteroatoms. The standard InChI is InChI=1S/C26H29N3O8/c1-6-37-26(34)22-13(2)20(27-14(22)3)12-17-16-11-15(7-8-18(16)28-24(17)32)23(31)29-19(25(33)36-5)9-10-21(30)35-4/h7-8,11-12,19,27H,6,9-10H2,1-5H3,(H,28,32)(H,29,31)/b17-12-/t19-/m0/s1. The second-order valence-corrected chi connectivity index (χ2v) is 8.32. The number of amides is 2. The third-order valence-corrected chi connectivity index (χ3v) is 5.96. The molecule has 0 fully saturated rings. The van der Waals surface area contributed by atoms with Gasteiger partial charge in [0.05, 0.1) is 32.0 Å². The summed E-state index contributed by atoms with van der Waals surface area (Å²) in [5, 5.41) is 5.33. The fourth-order valence-corrected chi connectivity index (χ4v) is 4.04. The highest BCUT2D eigenvalue weighted by Gasteiger charge is 2.28. The van der Waals surface area contributed by atoms with Gasteiger partial charge < -0.3 is 29.8 Å². The number of benzene rings is 1. The highest BCUT2D eigenvalue weighted by Crippen LogP contribution is 2.35. The predicted octanol–water partition coefficient (Wildman–Crippen LogP) is 2.53. The Morgan fingerprint density at radius 3 is 2.49 bits per heavy atom. The fraction of sp³-hybridized carbons (Fsp3) is 0.346. The minimum absolute atomic E-state index is 0.00449. The van der Waals surface area contributed by atoms with Crippen molar-refractivity contribution in [2.24, 2.45) is 0 Å². The van der Waals surface area contributed by atoms with Crippen LogP contribution < -0.4 is 10.6 Å². The number of nitrogens with one attached hydrogen (secondary N) is 3. The highest BCUT2D eigenvalue weighted by atomic mass is 16.5. The predicted molar refractivity (Wildman–Crippen MR) is 134 cm³/mol. The molecule has 2 amide bonds. The van der Waals surface area contributed by atoms with E-state index in [-0.39, 0.29) is 30.9 Å². The average Bonchev–Trinajstić information content (AvgIpc) is 3.34. The average molecular weight is 512 g/mol. The Morgan fingerprint density at radius 2 is 1.84 bits per heavy atom. The van der Waals surface area contributed by atoms with Crippen molar-refractivity contribution in [3.05, 3.63) is 51.8 Å². The largest absolute Gasteiger partial charge is 0.469 e. The quantitative estimate of drug-likeness (QED) is 0.264. The Morgan fingerprint density at radius 1 is 1.11 bits per heavy atom. The first-order valence-electron chi connectivity index (χ1n) is 11.6. The SMILES string of the molecule is CCOC(=O)c1c(C)[nH]c(/C=C2\C(=O)Nc3ccc(C(=O)N[C@@H](CCC(=O)OC)C(=O)OC)cc32)c1C. The zero-order valence-corrected chi connectivity index (χ0v) is 21.3. The van der Waals surface area contributed by atoms with Gasteiger partial charge in [0.1, 0.15) is 6.04 Å². The summed E-state index contributed by atoms with van der Waals surface area (Å²) in [6.45, 7) is 5.45. The smallest absolute Gasteiger partial charge is 0.340 e. The number of rotatable bonds is 9. The van der Waals surface area contributed by atoms with E-state index in [2.05, 4.69) is 20.4 Å². The van der Waals surface area contributed by atoms with Crippen molar-refractivity contribution in [1.29, 1.82) is 0 Å². The van der Waals surface area contributed by atoms with E-state index in [0.717, 1.165) is 0 Å². The van der Waals surface area contributed by atoms with Gasteiger partial charge in [-0.2, -0.15) is 0 Å². The van der Waals surface area contributed by atoms with E-state index >= 15 is 0 Å². The van der Waals surface area contributed by atoms with E-state index in [0.29, 0.717) is 39.3 Å². The molecule has 1 aliphatic heterocycles. The number of hydrogen-bond acceptors (Lipinski definition) is 8. The lowest BCUT2D eigenvalue weighted by Gasteiger charge is -2.16. The molecule has 37 heavy (non-hydrogen) atoms. The minimum Gasteiger partial charge on any atom is -0.469 e. The minimum atomic E-state index is -1.06. The summed E-state index contributed by atoms with van der Waals surface area (Å²) in [6, 6.07) is 3.56. The molecule has 3 N–H and O–H groups in total. The Kier molecular flexibility index (Phi) is 8.49. The van der Waals surface area contributed by atoms with Crippen LogP contribution in [0.5, 0.6) is 0 Å². The Balaban J connectivity index is 1.90. The number of aromatic nitrogens is 1. The van der Waals surface area contributed by atoms with Gasteiger partial charge in [0, 0.05) is 34.6 Å². The highest BCUT2D eigenvalue weighted by molar-refractivity contribution is 6.35. The van der Waals surface area contributed by atoms with E-state index in [1.807, 2.05) is 0 Å². The zero-order chi connectivity index (χ0) is 27.3. The Labute approximate surface area is 213 Å². The molecule has 1 aromatic heterocycles. The van der Waals surface area contributed by atoms with Crippen molar-refractivity contribution < 1.29 is 38.2 Å². The number of ether oxygens (including phenoxy) is 3. The summed E-state index contributed by atoms with van der Waals surface area (Å²) >= 11 is 0. The molecule has 11 nitrogen and oxygen atoms in total. The monoisotopic (exact) mass is 511 g/mol. The van der Waals surface area contributed by atoms with Crippen LogP contribution in [0.2, 0.25) is 0 Å². The van der Waals surface area contributed by atoms with Gasteiger partial charge in [-0.15, -0.1) is 0 Å². The van der Waals surface area contributed by atoms with Crippen molar-refractivity contribution in [1.82, 2.24) is 10.3 Å². The maximum absolute atomic E-state index is 13.0. The number of hydrogen-bond donors (Lipinski definition) is 3. The number of anilines is 1. The van der Waals surface area contributed by atoms with Crippen molar-refractivity contribution in [2.75, 3.05) is 26.1 Å². The van der Waals surface area contributed by atoms with Gasteiger partial charge in [0.15, 0.2) is 0 Å². The number of H-pyrrole nitrogens is 1. The zero-order valence-electron chi connectivity index (χ0n) is 21.3. The third kappa shape index (κ3) is 5.88. The molecule has 0 aliphatic carbocycles. The van der Waals surface area contributed by atoms with E-state index in [1.54, 1.807) is 32.9 Å². The van der Waals surface area contributed by atoms with E-state index < -0.39 is 29.9 Å². The first kappa shape index (κ1) is 27.2. The van der Waals surface area contributed by atoms with Crippen LogP contribution in [-0.2, 0) is 28.6 Å². The molecule has 0 spiro atoms. The number of fused-ring (bicyclic) bond motifs is 1. The van der Waals surface area contributed by atoms with Gasteiger partial charge in [0.2, 0.25) is 0 Å². The van der Waals surface area contributed by atoms with E-state index in [9.17, 15) is 24.0 Å². The maximum atomic E-state index is 13.0. The molecule has 1 atom stereocenters. The summed E-state index contributed by atoms with van der Waals surface area (Å²) in [4.78, 5) is 64.8. The molecule has 0 radical (unpaired) electrons. The van der Waals surface area contributed by atoms with Crippen molar-refractivity contribution in [3.63, 3.8) is 0 Å².